The topological polar surface area (TPSA) is 87.3 Å². The van der Waals surface area contributed by atoms with Gasteiger partial charge in [-0.3, -0.25) is 9.52 Å². The van der Waals surface area contributed by atoms with Crippen molar-refractivity contribution in [3.8, 4) is 0 Å². The lowest BCUT2D eigenvalue weighted by molar-refractivity contribution is 0.0931. The fraction of sp³-hybridized carbons (Fsp3) is 0.462. The maximum atomic E-state index is 13.3. The van der Waals surface area contributed by atoms with E-state index in [-0.39, 0.29) is 29.7 Å². The van der Waals surface area contributed by atoms with Crippen molar-refractivity contribution in [3.63, 3.8) is 0 Å². The molecule has 1 aliphatic rings. The summed E-state index contributed by atoms with van der Waals surface area (Å²) in [6.07, 6.45) is 2.76. The predicted octanol–water partition coefficient (Wildman–Crippen LogP) is 1.10. The monoisotopic (exact) mass is 351 g/mol. The SMILES string of the molecule is CS(=O)(=O)Nc1ccc(F)cc1C(=O)N[C@H]1CCCNC1.Cl. The quantitative estimate of drug-likeness (QED) is 0.758. The van der Waals surface area contributed by atoms with E-state index in [0.29, 0.717) is 6.54 Å². The highest BCUT2D eigenvalue weighted by molar-refractivity contribution is 7.92. The molecule has 1 aliphatic heterocycles. The van der Waals surface area contributed by atoms with Crippen LogP contribution in [0.1, 0.15) is 23.2 Å². The molecule has 0 saturated carbocycles. The highest BCUT2D eigenvalue weighted by Crippen LogP contribution is 2.18. The lowest BCUT2D eigenvalue weighted by Crippen LogP contribution is -2.45. The van der Waals surface area contributed by atoms with Crippen molar-refractivity contribution in [2.75, 3.05) is 24.1 Å². The summed E-state index contributed by atoms with van der Waals surface area (Å²) in [7, 11) is -3.54. The number of piperidine rings is 1. The molecule has 1 heterocycles. The minimum atomic E-state index is -3.54. The van der Waals surface area contributed by atoms with Crippen molar-refractivity contribution in [1.82, 2.24) is 10.6 Å². The van der Waals surface area contributed by atoms with Crippen molar-refractivity contribution in [1.29, 1.82) is 0 Å². The van der Waals surface area contributed by atoms with Gasteiger partial charge in [0.05, 0.1) is 17.5 Å². The van der Waals surface area contributed by atoms with Crippen molar-refractivity contribution >= 4 is 34.0 Å². The molecule has 2 rings (SSSR count). The van der Waals surface area contributed by atoms with E-state index in [1.165, 1.54) is 6.07 Å². The van der Waals surface area contributed by atoms with Gasteiger partial charge in [-0.2, -0.15) is 0 Å². The number of amides is 1. The van der Waals surface area contributed by atoms with Crippen LogP contribution >= 0.6 is 12.4 Å². The van der Waals surface area contributed by atoms with E-state index >= 15 is 0 Å². The summed E-state index contributed by atoms with van der Waals surface area (Å²) in [5.41, 5.74) is 0.0474. The first kappa shape index (κ1) is 18.7. The van der Waals surface area contributed by atoms with E-state index in [1.54, 1.807) is 0 Å². The third-order valence-corrected chi connectivity index (χ3v) is 3.74. The van der Waals surface area contributed by atoms with Gasteiger partial charge in [0.2, 0.25) is 10.0 Å². The van der Waals surface area contributed by atoms with Gasteiger partial charge < -0.3 is 10.6 Å². The van der Waals surface area contributed by atoms with E-state index < -0.39 is 21.7 Å². The van der Waals surface area contributed by atoms with Gasteiger partial charge in [0.25, 0.3) is 5.91 Å². The number of hydrogen-bond donors (Lipinski definition) is 3. The first-order chi connectivity index (χ1) is 9.85. The van der Waals surface area contributed by atoms with E-state index in [9.17, 15) is 17.6 Å². The molecule has 0 unspecified atom stereocenters. The minimum absolute atomic E-state index is 0. The molecule has 6 nitrogen and oxygen atoms in total. The van der Waals surface area contributed by atoms with Crippen molar-refractivity contribution in [3.05, 3.63) is 29.6 Å². The predicted molar refractivity (Wildman–Crippen MR) is 85.5 cm³/mol. The second kappa shape index (κ2) is 7.75. The molecule has 1 aromatic carbocycles. The number of carbonyl (C=O) groups excluding carboxylic acids is 1. The van der Waals surface area contributed by atoms with Gasteiger partial charge in [-0.15, -0.1) is 12.4 Å². The van der Waals surface area contributed by atoms with Crippen LogP contribution in [0, 0.1) is 5.82 Å². The normalized spacial score (nSPS) is 18.2. The Morgan fingerprint density at radius 2 is 2.14 bits per heavy atom. The molecule has 1 saturated heterocycles. The fourth-order valence-electron chi connectivity index (χ4n) is 2.23. The number of carbonyl (C=O) groups is 1. The average molecular weight is 352 g/mol. The molecule has 124 valence electrons. The molecular weight excluding hydrogens is 333 g/mol. The maximum absolute atomic E-state index is 13.3. The summed E-state index contributed by atoms with van der Waals surface area (Å²) in [5.74, 6) is -1.09. The summed E-state index contributed by atoms with van der Waals surface area (Å²) in [6, 6.07) is 3.33. The molecule has 1 fully saturated rings. The Balaban J connectivity index is 0.00000242. The second-order valence-corrected chi connectivity index (χ2v) is 6.83. The fourth-order valence-corrected chi connectivity index (χ4v) is 2.81. The van der Waals surface area contributed by atoms with E-state index in [4.69, 9.17) is 0 Å². The van der Waals surface area contributed by atoms with Gasteiger partial charge in [-0.05, 0) is 37.6 Å². The zero-order valence-corrected chi connectivity index (χ0v) is 13.7. The average Bonchev–Trinajstić information content (AvgIpc) is 2.40. The Morgan fingerprint density at radius 1 is 1.41 bits per heavy atom. The number of sulfonamides is 1. The molecular formula is C13H19ClFN3O3S. The van der Waals surface area contributed by atoms with Crippen molar-refractivity contribution in [2.24, 2.45) is 0 Å². The van der Waals surface area contributed by atoms with Crippen molar-refractivity contribution < 1.29 is 17.6 Å². The number of anilines is 1. The van der Waals surface area contributed by atoms with E-state index in [1.807, 2.05) is 0 Å². The zero-order chi connectivity index (χ0) is 15.5. The van der Waals surface area contributed by atoms with Crippen LogP contribution in [0.15, 0.2) is 18.2 Å². The van der Waals surface area contributed by atoms with Gasteiger partial charge in [-0.25, -0.2) is 12.8 Å². The molecule has 0 aromatic heterocycles. The minimum Gasteiger partial charge on any atom is -0.348 e. The summed E-state index contributed by atoms with van der Waals surface area (Å²) < 4.78 is 38.2. The Bertz CT molecular complexity index is 633. The van der Waals surface area contributed by atoms with E-state index in [2.05, 4.69) is 15.4 Å². The van der Waals surface area contributed by atoms with Gasteiger partial charge in [0.15, 0.2) is 0 Å². The molecule has 1 amide bonds. The lowest BCUT2D eigenvalue weighted by Gasteiger charge is -2.24. The molecule has 0 aliphatic carbocycles. The molecule has 0 bridgehead atoms. The molecule has 1 aromatic rings. The third kappa shape index (κ3) is 5.43. The number of halogens is 2. The number of rotatable bonds is 4. The third-order valence-electron chi connectivity index (χ3n) is 3.15. The Morgan fingerprint density at radius 3 is 2.73 bits per heavy atom. The second-order valence-electron chi connectivity index (χ2n) is 5.08. The van der Waals surface area contributed by atoms with Crippen LogP contribution in [0.2, 0.25) is 0 Å². The smallest absolute Gasteiger partial charge is 0.253 e. The van der Waals surface area contributed by atoms with Gasteiger partial charge in [-0.1, -0.05) is 0 Å². The van der Waals surface area contributed by atoms with E-state index in [0.717, 1.165) is 37.8 Å². The Hall–Kier alpha value is -1.38. The summed E-state index contributed by atoms with van der Waals surface area (Å²) in [6.45, 7) is 1.56. The molecule has 0 spiro atoms. The van der Waals surface area contributed by atoms with Crippen LogP contribution in [-0.4, -0.2) is 39.7 Å². The number of benzene rings is 1. The van der Waals surface area contributed by atoms with Crippen LogP contribution in [-0.2, 0) is 10.0 Å². The van der Waals surface area contributed by atoms with Crippen LogP contribution in [0.4, 0.5) is 10.1 Å². The first-order valence-corrected chi connectivity index (χ1v) is 8.53. The number of hydrogen-bond acceptors (Lipinski definition) is 4. The number of nitrogens with one attached hydrogen (secondary N) is 3. The Kier molecular flexibility index (Phi) is 6.58. The van der Waals surface area contributed by atoms with Crippen LogP contribution in [0.5, 0.6) is 0 Å². The largest absolute Gasteiger partial charge is 0.348 e. The van der Waals surface area contributed by atoms with Gasteiger partial charge in [0, 0.05) is 12.6 Å². The first-order valence-electron chi connectivity index (χ1n) is 6.64. The van der Waals surface area contributed by atoms with Gasteiger partial charge >= 0.3 is 0 Å². The highest BCUT2D eigenvalue weighted by atomic mass is 35.5. The maximum Gasteiger partial charge on any atom is 0.253 e. The van der Waals surface area contributed by atoms with Crippen LogP contribution in [0.3, 0.4) is 0 Å². The highest BCUT2D eigenvalue weighted by Gasteiger charge is 2.20. The molecule has 22 heavy (non-hydrogen) atoms. The molecule has 1 atom stereocenters. The van der Waals surface area contributed by atoms with Gasteiger partial charge in [0.1, 0.15) is 5.82 Å². The molecule has 9 heteroatoms. The van der Waals surface area contributed by atoms with Crippen LogP contribution < -0.4 is 15.4 Å². The van der Waals surface area contributed by atoms with Crippen molar-refractivity contribution in [2.45, 2.75) is 18.9 Å². The summed E-state index contributed by atoms with van der Waals surface area (Å²) >= 11 is 0. The molecule has 3 N–H and O–H groups in total. The molecule has 0 radical (unpaired) electrons. The summed E-state index contributed by atoms with van der Waals surface area (Å²) in [4.78, 5) is 12.2. The van der Waals surface area contributed by atoms with Crippen LogP contribution in [0.25, 0.3) is 0 Å². The Labute approximate surface area is 135 Å². The summed E-state index contributed by atoms with van der Waals surface area (Å²) in [5, 5.41) is 5.94. The zero-order valence-electron chi connectivity index (χ0n) is 12.1. The standard InChI is InChI=1S/C13H18FN3O3S.ClH/c1-21(19,20)17-12-5-4-9(14)7-11(12)13(18)16-10-3-2-6-15-8-10;/h4-5,7,10,15,17H,2-3,6,8H2,1H3,(H,16,18);1H/t10-;/m0./s1. The lowest BCUT2D eigenvalue weighted by atomic mass is 10.1.